The standard InChI is InChI=1S/C18H22O2/c1-12(19)15-2-4-16(5-3-15)17-7-13-6-14(8-17)10-18(20,9-13)11-17/h2-5,13-14,20H,6-11H2,1H3. The van der Waals surface area contributed by atoms with Crippen LogP contribution in [0.2, 0.25) is 0 Å². The molecule has 0 aliphatic heterocycles. The first-order valence-corrected chi connectivity index (χ1v) is 7.82. The van der Waals surface area contributed by atoms with E-state index < -0.39 is 5.60 Å². The largest absolute Gasteiger partial charge is 0.390 e. The fourth-order valence-corrected chi connectivity index (χ4v) is 5.61. The van der Waals surface area contributed by atoms with E-state index in [9.17, 15) is 9.90 Å². The molecule has 0 spiro atoms. The molecule has 20 heavy (non-hydrogen) atoms. The number of rotatable bonds is 2. The molecule has 0 saturated heterocycles. The van der Waals surface area contributed by atoms with Crippen molar-refractivity contribution in [2.24, 2.45) is 11.8 Å². The zero-order valence-electron chi connectivity index (χ0n) is 12.1. The normalized spacial score (nSPS) is 41.9. The number of Topliss-reactive ketones (excluding diaryl/α,β-unsaturated/α-hetero) is 1. The molecule has 2 heteroatoms. The van der Waals surface area contributed by atoms with Crippen molar-refractivity contribution in [2.75, 3.05) is 0 Å². The lowest BCUT2D eigenvalue weighted by atomic mass is 9.46. The zero-order chi connectivity index (χ0) is 14.0. The fourth-order valence-electron chi connectivity index (χ4n) is 5.61. The third-order valence-electron chi connectivity index (χ3n) is 5.93. The number of ketones is 1. The van der Waals surface area contributed by atoms with E-state index in [0.717, 1.165) is 24.8 Å². The summed E-state index contributed by atoms with van der Waals surface area (Å²) in [6.07, 6.45) is 6.71. The highest BCUT2D eigenvalue weighted by atomic mass is 16.3. The SMILES string of the molecule is CC(=O)c1ccc(C23CC4CC(CC(O)(C4)C2)C3)cc1. The molecule has 0 amide bonds. The lowest BCUT2D eigenvalue weighted by Crippen LogP contribution is -2.57. The van der Waals surface area contributed by atoms with Crippen LogP contribution in [-0.2, 0) is 5.41 Å². The van der Waals surface area contributed by atoms with E-state index >= 15 is 0 Å². The van der Waals surface area contributed by atoms with Crippen LogP contribution in [0, 0.1) is 11.8 Å². The molecule has 5 rings (SSSR count). The molecular weight excluding hydrogens is 248 g/mol. The molecule has 4 aliphatic carbocycles. The van der Waals surface area contributed by atoms with Crippen LogP contribution in [0.3, 0.4) is 0 Å². The summed E-state index contributed by atoms with van der Waals surface area (Å²) in [5, 5.41) is 10.8. The van der Waals surface area contributed by atoms with Gasteiger partial charge in [0.05, 0.1) is 5.60 Å². The molecule has 0 radical (unpaired) electrons. The molecule has 2 atom stereocenters. The molecule has 2 nitrogen and oxygen atoms in total. The van der Waals surface area contributed by atoms with Gasteiger partial charge in [0, 0.05) is 5.56 Å². The third-order valence-corrected chi connectivity index (χ3v) is 5.93. The summed E-state index contributed by atoms with van der Waals surface area (Å²) in [5.41, 5.74) is 1.89. The van der Waals surface area contributed by atoms with E-state index in [1.807, 2.05) is 12.1 Å². The fraction of sp³-hybridized carbons (Fsp3) is 0.611. The van der Waals surface area contributed by atoms with Gasteiger partial charge < -0.3 is 5.11 Å². The van der Waals surface area contributed by atoms with Crippen molar-refractivity contribution < 1.29 is 9.90 Å². The molecular formula is C18H22O2. The maximum absolute atomic E-state index is 11.4. The van der Waals surface area contributed by atoms with E-state index in [1.165, 1.54) is 24.8 Å². The molecule has 0 aromatic heterocycles. The molecule has 4 bridgehead atoms. The van der Waals surface area contributed by atoms with E-state index in [4.69, 9.17) is 0 Å². The predicted molar refractivity (Wildman–Crippen MR) is 77.8 cm³/mol. The number of hydrogen-bond donors (Lipinski definition) is 1. The highest BCUT2D eigenvalue weighted by molar-refractivity contribution is 5.94. The maximum atomic E-state index is 11.4. The summed E-state index contributed by atoms with van der Waals surface area (Å²) in [7, 11) is 0. The van der Waals surface area contributed by atoms with E-state index in [0.29, 0.717) is 11.8 Å². The van der Waals surface area contributed by atoms with Gasteiger partial charge in [-0.15, -0.1) is 0 Å². The molecule has 0 heterocycles. The Kier molecular flexibility index (Phi) is 2.48. The molecule has 1 N–H and O–H groups in total. The highest BCUT2D eigenvalue weighted by Crippen LogP contribution is 2.62. The minimum Gasteiger partial charge on any atom is -0.390 e. The average molecular weight is 270 g/mol. The van der Waals surface area contributed by atoms with Crippen molar-refractivity contribution in [3.8, 4) is 0 Å². The van der Waals surface area contributed by atoms with Crippen LogP contribution in [0.4, 0.5) is 0 Å². The van der Waals surface area contributed by atoms with Crippen LogP contribution in [-0.4, -0.2) is 16.5 Å². The summed E-state index contributed by atoms with van der Waals surface area (Å²) in [4.78, 5) is 11.4. The minimum absolute atomic E-state index is 0.126. The molecule has 1 aromatic carbocycles. The molecule has 4 saturated carbocycles. The van der Waals surface area contributed by atoms with Crippen molar-refractivity contribution in [3.05, 3.63) is 35.4 Å². The number of carbonyl (C=O) groups is 1. The second-order valence-corrected chi connectivity index (χ2v) is 7.60. The van der Waals surface area contributed by atoms with Crippen molar-refractivity contribution in [2.45, 2.75) is 56.5 Å². The molecule has 4 aliphatic rings. The first-order chi connectivity index (χ1) is 9.48. The van der Waals surface area contributed by atoms with Gasteiger partial charge in [-0.25, -0.2) is 0 Å². The van der Waals surface area contributed by atoms with Crippen LogP contribution in [0.1, 0.15) is 61.4 Å². The monoisotopic (exact) mass is 270 g/mol. The van der Waals surface area contributed by atoms with Crippen molar-refractivity contribution in [1.82, 2.24) is 0 Å². The number of aliphatic hydroxyl groups is 1. The van der Waals surface area contributed by atoms with Gasteiger partial charge in [-0.2, -0.15) is 0 Å². The average Bonchev–Trinajstić information content (AvgIpc) is 2.36. The number of benzene rings is 1. The smallest absolute Gasteiger partial charge is 0.159 e. The van der Waals surface area contributed by atoms with Gasteiger partial charge in [0.25, 0.3) is 0 Å². The summed E-state index contributed by atoms with van der Waals surface area (Å²) in [6.45, 7) is 1.61. The zero-order valence-corrected chi connectivity index (χ0v) is 12.1. The third kappa shape index (κ3) is 1.77. The summed E-state index contributed by atoms with van der Waals surface area (Å²) >= 11 is 0. The van der Waals surface area contributed by atoms with Crippen LogP contribution in [0.5, 0.6) is 0 Å². The van der Waals surface area contributed by atoms with Gasteiger partial charge >= 0.3 is 0 Å². The molecule has 1 aromatic rings. The summed E-state index contributed by atoms with van der Waals surface area (Å²) in [5.74, 6) is 1.53. The van der Waals surface area contributed by atoms with Crippen molar-refractivity contribution in [1.29, 1.82) is 0 Å². The Hall–Kier alpha value is -1.15. The predicted octanol–water partition coefficient (Wildman–Crippen LogP) is 3.47. The van der Waals surface area contributed by atoms with Crippen molar-refractivity contribution >= 4 is 5.78 Å². The van der Waals surface area contributed by atoms with Crippen LogP contribution in [0.25, 0.3) is 0 Å². The lowest BCUT2D eigenvalue weighted by Gasteiger charge is -2.60. The Morgan fingerprint density at radius 2 is 1.70 bits per heavy atom. The maximum Gasteiger partial charge on any atom is 0.159 e. The van der Waals surface area contributed by atoms with E-state index in [-0.39, 0.29) is 11.2 Å². The van der Waals surface area contributed by atoms with Crippen LogP contribution >= 0.6 is 0 Å². The Morgan fingerprint density at radius 1 is 1.10 bits per heavy atom. The summed E-state index contributed by atoms with van der Waals surface area (Å²) in [6, 6.07) is 8.18. The van der Waals surface area contributed by atoms with Gasteiger partial charge in [-0.1, -0.05) is 24.3 Å². The molecule has 106 valence electrons. The van der Waals surface area contributed by atoms with Crippen LogP contribution < -0.4 is 0 Å². The second kappa shape index (κ2) is 3.94. The Morgan fingerprint density at radius 3 is 2.20 bits per heavy atom. The lowest BCUT2D eigenvalue weighted by molar-refractivity contribution is -0.137. The molecule has 2 unspecified atom stereocenters. The quantitative estimate of drug-likeness (QED) is 0.835. The highest BCUT2D eigenvalue weighted by Gasteiger charge is 2.57. The molecule has 4 fully saturated rings. The summed E-state index contributed by atoms with van der Waals surface area (Å²) < 4.78 is 0. The van der Waals surface area contributed by atoms with Gasteiger partial charge in [0.1, 0.15) is 0 Å². The topological polar surface area (TPSA) is 37.3 Å². The van der Waals surface area contributed by atoms with Crippen molar-refractivity contribution in [3.63, 3.8) is 0 Å². The number of hydrogen-bond acceptors (Lipinski definition) is 2. The van der Waals surface area contributed by atoms with Gasteiger partial charge in [-0.05, 0) is 68.3 Å². The van der Waals surface area contributed by atoms with E-state index in [1.54, 1.807) is 6.92 Å². The Bertz CT molecular complexity index is 543. The van der Waals surface area contributed by atoms with Crippen LogP contribution in [0.15, 0.2) is 24.3 Å². The van der Waals surface area contributed by atoms with Gasteiger partial charge in [0.2, 0.25) is 0 Å². The van der Waals surface area contributed by atoms with E-state index in [2.05, 4.69) is 12.1 Å². The minimum atomic E-state index is -0.413. The Labute approximate surface area is 120 Å². The van der Waals surface area contributed by atoms with Gasteiger partial charge in [-0.3, -0.25) is 4.79 Å². The second-order valence-electron chi connectivity index (χ2n) is 7.60. The first kappa shape index (κ1) is 12.6. The number of carbonyl (C=O) groups excluding carboxylic acids is 1. The van der Waals surface area contributed by atoms with Gasteiger partial charge in [0.15, 0.2) is 5.78 Å². The Balaban J connectivity index is 1.72. The first-order valence-electron chi connectivity index (χ1n) is 7.82.